The zero-order valence-electron chi connectivity index (χ0n) is 13.2. The first-order valence-electron chi connectivity index (χ1n) is 7.52. The molecule has 0 N–H and O–H groups in total. The lowest BCUT2D eigenvalue weighted by Gasteiger charge is -2.09. The third-order valence-corrected chi connectivity index (χ3v) is 4.75. The van der Waals surface area contributed by atoms with Crippen molar-refractivity contribution in [1.82, 2.24) is 24.6 Å². The van der Waals surface area contributed by atoms with Crippen LogP contribution >= 0.6 is 27.3 Å². The first kappa shape index (κ1) is 16.3. The summed E-state index contributed by atoms with van der Waals surface area (Å²) in [5, 5.41) is 4.37. The Balaban J connectivity index is 2.01. The first-order chi connectivity index (χ1) is 11.1. The van der Waals surface area contributed by atoms with Crippen molar-refractivity contribution in [1.29, 1.82) is 0 Å². The topological polar surface area (TPSA) is 56.0 Å². The van der Waals surface area contributed by atoms with E-state index >= 15 is 0 Å². The molecule has 3 heterocycles. The number of halogens is 1. The molecule has 0 aliphatic carbocycles. The summed E-state index contributed by atoms with van der Waals surface area (Å²) in [5.41, 5.74) is 6.13. The third kappa shape index (κ3) is 3.50. The molecule has 0 aliphatic rings. The van der Waals surface area contributed by atoms with Gasteiger partial charge in [0.05, 0.1) is 16.9 Å². The molecule has 7 heteroatoms. The molecular weight excluding hydrogens is 374 g/mol. The normalized spacial score (nSPS) is 11.3. The van der Waals surface area contributed by atoms with Crippen molar-refractivity contribution in [2.24, 2.45) is 0 Å². The average Bonchev–Trinajstić information content (AvgIpc) is 3.07. The predicted octanol–water partition coefficient (Wildman–Crippen LogP) is 3.88. The maximum absolute atomic E-state index is 4.64. The van der Waals surface area contributed by atoms with Gasteiger partial charge in [0.25, 0.3) is 0 Å². The van der Waals surface area contributed by atoms with Crippen LogP contribution < -0.4 is 0 Å². The molecule has 0 amide bonds. The van der Waals surface area contributed by atoms with Crippen molar-refractivity contribution in [3.8, 4) is 0 Å². The van der Waals surface area contributed by atoms with E-state index in [2.05, 4.69) is 49.5 Å². The molecular formula is C16H18BrN5S. The van der Waals surface area contributed by atoms with Crippen LogP contribution in [0.15, 0.2) is 22.9 Å². The monoisotopic (exact) mass is 391 g/mol. The molecule has 0 aliphatic heterocycles. The first-order valence-corrected chi connectivity index (χ1v) is 9.20. The Morgan fingerprint density at radius 1 is 1.35 bits per heavy atom. The SMILES string of the molecule is C=C(Br)Cc1ncsc1Cc1ncn2nc(C)nc2c1CCC. The van der Waals surface area contributed by atoms with Gasteiger partial charge < -0.3 is 0 Å². The fourth-order valence-corrected chi connectivity index (χ4v) is 3.68. The van der Waals surface area contributed by atoms with E-state index < -0.39 is 0 Å². The van der Waals surface area contributed by atoms with Crippen LogP contribution in [-0.4, -0.2) is 24.6 Å². The lowest BCUT2D eigenvalue weighted by atomic mass is 10.1. The number of aryl methyl sites for hydroxylation is 2. The molecule has 120 valence electrons. The molecule has 0 saturated carbocycles. The number of aromatic nitrogens is 5. The molecule has 3 aromatic rings. The van der Waals surface area contributed by atoms with Gasteiger partial charge in [-0.2, -0.15) is 5.10 Å². The molecule has 0 radical (unpaired) electrons. The van der Waals surface area contributed by atoms with Crippen molar-refractivity contribution in [2.45, 2.75) is 39.5 Å². The summed E-state index contributed by atoms with van der Waals surface area (Å²) >= 11 is 5.09. The van der Waals surface area contributed by atoms with Crippen LogP contribution in [-0.2, 0) is 19.3 Å². The van der Waals surface area contributed by atoms with Gasteiger partial charge in [0.2, 0.25) is 0 Å². The van der Waals surface area contributed by atoms with E-state index in [-0.39, 0.29) is 0 Å². The van der Waals surface area contributed by atoms with E-state index in [9.17, 15) is 0 Å². The Kier molecular flexibility index (Phi) is 4.87. The van der Waals surface area contributed by atoms with Crippen molar-refractivity contribution < 1.29 is 0 Å². The second kappa shape index (κ2) is 6.88. The van der Waals surface area contributed by atoms with Gasteiger partial charge in [-0.05, 0) is 17.8 Å². The minimum absolute atomic E-state index is 0.744. The summed E-state index contributed by atoms with van der Waals surface area (Å²) in [6.45, 7) is 7.99. The fraction of sp³-hybridized carbons (Fsp3) is 0.375. The Bertz CT molecular complexity index is 851. The number of hydrogen-bond donors (Lipinski definition) is 0. The van der Waals surface area contributed by atoms with E-state index in [1.165, 1.54) is 10.4 Å². The molecule has 0 unspecified atom stereocenters. The zero-order valence-corrected chi connectivity index (χ0v) is 15.6. The summed E-state index contributed by atoms with van der Waals surface area (Å²) in [7, 11) is 0. The molecule has 0 bridgehead atoms. The number of hydrogen-bond acceptors (Lipinski definition) is 5. The van der Waals surface area contributed by atoms with Gasteiger partial charge in [-0.1, -0.05) is 35.9 Å². The molecule has 0 saturated heterocycles. The van der Waals surface area contributed by atoms with E-state index in [1.807, 2.05) is 12.4 Å². The highest BCUT2D eigenvalue weighted by Gasteiger charge is 2.15. The Labute approximate surface area is 147 Å². The Morgan fingerprint density at radius 2 is 2.17 bits per heavy atom. The van der Waals surface area contributed by atoms with Gasteiger partial charge in [-0.3, -0.25) is 0 Å². The summed E-state index contributed by atoms with van der Waals surface area (Å²) in [6.07, 6.45) is 5.28. The zero-order chi connectivity index (χ0) is 16.4. The molecule has 23 heavy (non-hydrogen) atoms. The number of allylic oxidation sites excluding steroid dienone is 1. The number of rotatable bonds is 6. The van der Waals surface area contributed by atoms with E-state index in [0.29, 0.717) is 0 Å². The van der Waals surface area contributed by atoms with Crippen molar-refractivity contribution in [3.63, 3.8) is 0 Å². The van der Waals surface area contributed by atoms with E-state index in [1.54, 1.807) is 22.2 Å². The largest absolute Gasteiger partial charge is 0.249 e. The van der Waals surface area contributed by atoms with E-state index in [0.717, 1.165) is 53.0 Å². The summed E-state index contributed by atoms with van der Waals surface area (Å²) < 4.78 is 2.72. The number of nitrogens with zero attached hydrogens (tertiary/aromatic N) is 5. The molecule has 0 atom stereocenters. The lowest BCUT2D eigenvalue weighted by molar-refractivity contribution is 0.832. The van der Waals surface area contributed by atoms with Crippen LogP contribution in [0.2, 0.25) is 0 Å². The second-order valence-corrected chi connectivity index (χ2v) is 7.50. The van der Waals surface area contributed by atoms with Crippen LogP contribution in [0.4, 0.5) is 0 Å². The highest BCUT2D eigenvalue weighted by atomic mass is 79.9. The van der Waals surface area contributed by atoms with Gasteiger partial charge in [0.15, 0.2) is 5.65 Å². The molecule has 0 spiro atoms. The summed E-state index contributed by atoms with van der Waals surface area (Å²) in [4.78, 5) is 14.9. The Hall–Kier alpha value is -1.60. The van der Waals surface area contributed by atoms with Crippen LogP contribution in [0.3, 0.4) is 0 Å². The molecule has 3 rings (SSSR count). The predicted molar refractivity (Wildman–Crippen MR) is 96.2 cm³/mol. The van der Waals surface area contributed by atoms with Gasteiger partial charge in [-0.15, -0.1) is 11.3 Å². The lowest BCUT2D eigenvalue weighted by Crippen LogP contribution is -2.05. The highest BCUT2D eigenvalue weighted by molar-refractivity contribution is 9.11. The quantitative estimate of drug-likeness (QED) is 0.639. The standard InChI is InChI=1S/C16H18BrN5S/c1-4-5-12-13(18-8-22-16(12)20-11(3)21-22)7-15-14(6-10(2)17)19-9-23-15/h8-9H,2,4-7H2,1,3H3. The van der Waals surface area contributed by atoms with Crippen molar-refractivity contribution >= 4 is 32.9 Å². The van der Waals surface area contributed by atoms with Crippen LogP contribution in [0.1, 0.15) is 41.0 Å². The Morgan fingerprint density at radius 3 is 2.91 bits per heavy atom. The van der Waals surface area contributed by atoms with Crippen molar-refractivity contribution in [3.05, 3.63) is 50.6 Å². The second-order valence-electron chi connectivity index (χ2n) is 5.44. The molecule has 0 aromatic carbocycles. The van der Waals surface area contributed by atoms with Crippen molar-refractivity contribution in [2.75, 3.05) is 0 Å². The minimum atomic E-state index is 0.744. The highest BCUT2D eigenvalue weighted by Crippen LogP contribution is 2.24. The third-order valence-electron chi connectivity index (χ3n) is 3.59. The molecule has 0 fully saturated rings. The molecule has 5 nitrogen and oxygen atoms in total. The van der Waals surface area contributed by atoms with Gasteiger partial charge >= 0.3 is 0 Å². The number of thiazole rings is 1. The smallest absolute Gasteiger partial charge is 0.162 e. The summed E-state index contributed by atoms with van der Waals surface area (Å²) in [5.74, 6) is 0.773. The maximum Gasteiger partial charge on any atom is 0.162 e. The van der Waals surface area contributed by atoms with Crippen LogP contribution in [0, 0.1) is 6.92 Å². The van der Waals surface area contributed by atoms with Gasteiger partial charge in [0, 0.05) is 23.3 Å². The fourth-order valence-electron chi connectivity index (χ4n) is 2.62. The molecule has 3 aromatic heterocycles. The van der Waals surface area contributed by atoms with Crippen LogP contribution in [0.5, 0.6) is 0 Å². The average molecular weight is 392 g/mol. The minimum Gasteiger partial charge on any atom is -0.249 e. The summed E-state index contributed by atoms with van der Waals surface area (Å²) in [6, 6.07) is 0. The maximum atomic E-state index is 4.64. The van der Waals surface area contributed by atoms with Gasteiger partial charge in [0.1, 0.15) is 12.2 Å². The van der Waals surface area contributed by atoms with E-state index in [4.69, 9.17) is 0 Å². The van der Waals surface area contributed by atoms with Gasteiger partial charge in [-0.25, -0.2) is 19.5 Å². The number of fused-ring (bicyclic) bond motifs is 1. The van der Waals surface area contributed by atoms with Crippen LogP contribution in [0.25, 0.3) is 5.65 Å².